The van der Waals surface area contributed by atoms with Crippen LogP contribution in [0, 0.1) is 6.92 Å². The molecule has 30 heavy (non-hydrogen) atoms. The maximum Gasteiger partial charge on any atom is 0.234 e. The standard InChI is InChI=1S/C22H19ClN4OS2/c1-14-20(15-8-4-3-5-9-15)16(12-29-14)21-25-26-22(27(21)2)30-13-19(28)24-18-11-7-6-10-17(18)23/h3-12H,13H2,1-2H3,(H,24,28). The van der Waals surface area contributed by atoms with Gasteiger partial charge >= 0.3 is 0 Å². The van der Waals surface area contributed by atoms with E-state index in [1.54, 1.807) is 23.5 Å². The second-order valence-electron chi connectivity index (χ2n) is 6.63. The highest BCUT2D eigenvalue weighted by molar-refractivity contribution is 7.99. The molecule has 1 amide bonds. The number of nitrogens with zero attached hydrogens (tertiary/aromatic N) is 3. The third-order valence-electron chi connectivity index (χ3n) is 4.59. The summed E-state index contributed by atoms with van der Waals surface area (Å²) in [5.74, 6) is 0.854. The molecule has 0 bridgehead atoms. The molecule has 2 aromatic heterocycles. The third-order valence-corrected chi connectivity index (χ3v) is 6.85. The zero-order valence-electron chi connectivity index (χ0n) is 16.4. The quantitative estimate of drug-likeness (QED) is 0.368. The Kier molecular flexibility index (Phi) is 6.22. The zero-order valence-corrected chi connectivity index (χ0v) is 18.8. The van der Waals surface area contributed by atoms with Gasteiger partial charge in [-0.25, -0.2) is 0 Å². The van der Waals surface area contributed by atoms with Gasteiger partial charge in [0.05, 0.1) is 16.5 Å². The molecular formula is C22H19ClN4OS2. The summed E-state index contributed by atoms with van der Waals surface area (Å²) >= 11 is 9.14. The summed E-state index contributed by atoms with van der Waals surface area (Å²) in [4.78, 5) is 13.6. The zero-order chi connectivity index (χ0) is 21.1. The fraction of sp³-hybridized carbons (Fsp3) is 0.136. The maximum absolute atomic E-state index is 12.3. The van der Waals surface area contributed by atoms with E-state index in [-0.39, 0.29) is 11.7 Å². The molecule has 2 heterocycles. The predicted molar refractivity (Wildman–Crippen MR) is 125 cm³/mol. The van der Waals surface area contributed by atoms with Gasteiger partial charge in [-0.3, -0.25) is 4.79 Å². The molecule has 0 radical (unpaired) electrons. The highest BCUT2D eigenvalue weighted by atomic mass is 35.5. The van der Waals surface area contributed by atoms with E-state index in [1.807, 2.05) is 41.9 Å². The van der Waals surface area contributed by atoms with Crippen LogP contribution in [0.3, 0.4) is 0 Å². The molecule has 2 aromatic carbocycles. The summed E-state index contributed by atoms with van der Waals surface area (Å²) in [6.45, 7) is 2.11. The van der Waals surface area contributed by atoms with Crippen LogP contribution in [0.4, 0.5) is 5.69 Å². The number of benzene rings is 2. The van der Waals surface area contributed by atoms with Gasteiger partial charge in [-0.2, -0.15) is 0 Å². The summed E-state index contributed by atoms with van der Waals surface area (Å²) < 4.78 is 1.93. The molecule has 0 aliphatic heterocycles. The van der Waals surface area contributed by atoms with Crippen LogP contribution in [-0.4, -0.2) is 26.4 Å². The van der Waals surface area contributed by atoms with Crippen molar-refractivity contribution in [2.45, 2.75) is 12.1 Å². The number of halogens is 1. The summed E-state index contributed by atoms with van der Waals surface area (Å²) in [6.07, 6.45) is 0. The second-order valence-corrected chi connectivity index (χ2v) is 9.06. The van der Waals surface area contributed by atoms with E-state index in [0.717, 1.165) is 17.0 Å². The van der Waals surface area contributed by atoms with Crippen LogP contribution in [-0.2, 0) is 11.8 Å². The largest absolute Gasteiger partial charge is 0.324 e. The molecule has 152 valence electrons. The van der Waals surface area contributed by atoms with E-state index < -0.39 is 0 Å². The number of aromatic nitrogens is 3. The van der Waals surface area contributed by atoms with Crippen molar-refractivity contribution >= 4 is 46.3 Å². The molecule has 0 unspecified atom stereocenters. The minimum atomic E-state index is -0.144. The minimum Gasteiger partial charge on any atom is -0.324 e. The molecule has 0 saturated carbocycles. The number of rotatable bonds is 6. The summed E-state index contributed by atoms with van der Waals surface area (Å²) in [6, 6.07) is 17.4. The number of hydrogen-bond acceptors (Lipinski definition) is 5. The van der Waals surface area contributed by atoms with Crippen LogP contribution in [0.5, 0.6) is 0 Å². The molecule has 5 nitrogen and oxygen atoms in total. The smallest absolute Gasteiger partial charge is 0.234 e. The van der Waals surface area contributed by atoms with Crippen molar-refractivity contribution in [1.82, 2.24) is 14.8 Å². The fourth-order valence-corrected chi connectivity index (χ4v) is 4.89. The normalized spacial score (nSPS) is 10.9. The van der Waals surface area contributed by atoms with Gasteiger partial charge in [-0.1, -0.05) is 65.8 Å². The monoisotopic (exact) mass is 454 g/mol. The third kappa shape index (κ3) is 4.28. The van der Waals surface area contributed by atoms with Crippen molar-refractivity contribution in [2.75, 3.05) is 11.1 Å². The van der Waals surface area contributed by atoms with E-state index in [0.29, 0.717) is 15.9 Å². The Bertz CT molecular complexity index is 1190. The Labute approximate surface area is 188 Å². The molecular weight excluding hydrogens is 436 g/mol. The summed E-state index contributed by atoms with van der Waals surface area (Å²) in [5.41, 5.74) is 3.97. The van der Waals surface area contributed by atoms with E-state index in [9.17, 15) is 4.79 Å². The molecule has 0 fully saturated rings. The number of aryl methyl sites for hydroxylation is 1. The molecule has 4 aromatic rings. The number of carbonyl (C=O) groups is 1. The lowest BCUT2D eigenvalue weighted by atomic mass is 10.0. The Morgan fingerprint density at radius 3 is 2.63 bits per heavy atom. The van der Waals surface area contributed by atoms with Gasteiger partial charge in [-0.05, 0) is 24.6 Å². The number of nitrogens with one attached hydrogen (secondary N) is 1. The first-order valence-electron chi connectivity index (χ1n) is 9.25. The van der Waals surface area contributed by atoms with Crippen molar-refractivity contribution in [2.24, 2.45) is 7.05 Å². The number of para-hydroxylation sites is 1. The number of carbonyl (C=O) groups excluding carboxylic acids is 1. The van der Waals surface area contributed by atoms with Gasteiger partial charge in [0.15, 0.2) is 11.0 Å². The van der Waals surface area contributed by atoms with Gasteiger partial charge in [0, 0.05) is 28.4 Å². The van der Waals surface area contributed by atoms with Gasteiger partial charge in [0.1, 0.15) is 0 Å². The SMILES string of the molecule is Cc1scc(-c2nnc(SCC(=O)Nc3ccccc3Cl)n2C)c1-c1ccccc1. The fourth-order valence-electron chi connectivity index (χ4n) is 3.14. The summed E-state index contributed by atoms with van der Waals surface area (Å²) in [7, 11) is 1.92. The van der Waals surface area contributed by atoms with Gasteiger partial charge < -0.3 is 9.88 Å². The number of hydrogen-bond donors (Lipinski definition) is 1. The average Bonchev–Trinajstić information content (AvgIpc) is 3.31. The number of thioether (sulfide) groups is 1. The second kappa shape index (κ2) is 9.04. The van der Waals surface area contributed by atoms with Crippen LogP contribution in [0.1, 0.15) is 4.88 Å². The van der Waals surface area contributed by atoms with Crippen LogP contribution in [0.25, 0.3) is 22.5 Å². The van der Waals surface area contributed by atoms with E-state index in [1.165, 1.54) is 22.2 Å². The van der Waals surface area contributed by atoms with Gasteiger partial charge in [0.25, 0.3) is 0 Å². The topological polar surface area (TPSA) is 59.8 Å². The van der Waals surface area contributed by atoms with Crippen molar-refractivity contribution in [1.29, 1.82) is 0 Å². The number of anilines is 1. The predicted octanol–water partition coefficient (Wildman–Crippen LogP) is 5.90. The highest BCUT2D eigenvalue weighted by Gasteiger charge is 2.19. The van der Waals surface area contributed by atoms with Crippen molar-refractivity contribution < 1.29 is 4.79 Å². The lowest BCUT2D eigenvalue weighted by Crippen LogP contribution is -2.14. The van der Waals surface area contributed by atoms with E-state index in [2.05, 4.69) is 40.0 Å². The van der Waals surface area contributed by atoms with Crippen LogP contribution >= 0.6 is 34.7 Å². The molecule has 0 atom stereocenters. The van der Waals surface area contributed by atoms with Crippen molar-refractivity contribution in [3.8, 4) is 22.5 Å². The Morgan fingerprint density at radius 2 is 1.87 bits per heavy atom. The van der Waals surface area contributed by atoms with Crippen LogP contribution < -0.4 is 5.32 Å². The maximum atomic E-state index is 12.3. The summed E-state index contributed by atoms with van der Waals surface area (Å²) in [5, 5.41) is 14.8. The molecule has 0 saturated heterocycles. The van der Waals surface area contributed by atoms with Crippen LogP contribution in [0.15, 0.2) is 65.1 Å². The highest BCUT2D eigenvalue weighted by Crippen LogP contribution is 2.38. The van der Waals surface area contributed by atoms with Crippen LogP contribution in [0.2, 0.25) is 5.02 Å². The first-order chi connectivity index (χ1) is 14.5. The lowest BCUT2D eigenvalue weighted by Gasteiger charge is -2.08. The van der Waals surface area contributed by atoms with Crippen molar-refractivity contribution in [3.05, 3.63) is 69.9 Å². The first-order valence-corrected chi connectivity index (χ1v) is 11.5. The Hall–Kier alpha value is -2.61. The van der Waals surface area contributed by atoms with Gasteiger partial charge in [-0.15, -0.1) is 21.5 Å². The number of thiophene rings is 1. The molecule has 0 spiro atoms. The lowest BCUT2D eigenvalue weighted by molar-refractivity contribution is -0.113. The Balaban J connectivity index is 1.52. The van der Waals surface area contributed by atoms with E-state index >= 15 is 0 Å². The molecule has 0 aliphatic carbocycles. The van der Waals surface area contributed by atoms with Gasteiger partial charge in [0.2, 0.25) is 5.91 Å². The molecule has 1 N–H and O–H groups in total. The minimum absolute atomic E-state index is 0.144. The Morgan fingerprint density at radius 1 is 1.13 bits per heavy atom. The van der Waals surface area contributed by atoms with Crippen molar-refractivity contribution in [3.63, 3.8) is 0 Å². The average molecular weight is 455 g/mol. The first kappa shape index (κ1) is 20.7. The molecule has 4 rings (SSSR count). The molecule has 8 heteroatoms. The van der Waals surface area contributed by atoms with E-state index in [4.69, 9.17) is 11.6 Å². The molecule has 0 aliphatic rings. The number of amides is 1.